The molecule has 0 spiro atoms. The van der Waals surface area contributed by atoms with Gasteiger partial charge in [0.15, 0.2) is 0 Å². The lowest BCUT2D eigenvalue weighted by Gasteiger charge is -2.03. The van der Waals surface area contributed by atoms with E-state index in [-0.39, 0.29) is 0 Å². The summed E-state index contributed by atoms with van der Waals surface area (Å²) in [6, 6.07) is 25.3. The number of hydrogen-bond donors (Lipinski definition) is 0. The van der Waals surface area contributed by atoms with Crippen molar-refractivity contribution >= 4 is 75.0 Å². The van der Waals surface area contributed by atoms with E-state index >= 15 is 0 Å². The van der Waals surface area contributed by atoms with Crippen molar-refractivity contribution in [2.45, 2.75) is 77.6 Å². The van der Waals surface area contributed by atoms with Crippen molar-refractivity contribution in [3.63, 3.8) is 0 Å². The van der Waals surface area contributed by atoms with Crippen LogP contribution in [-0.4, -0.2) is 0 Å². The van der Waals surface area contributed by atoms with E-state index in [2.05, 4.69) is 73.7 Å². The van der Waals surface area contributed by atoms with E-state index < -0.39 is 0 Å². The van der Waals surface area contributed by atoms with Gasteiger partial charge in [-0.05, 0) is 76.9 Å². The molecule has 3 aromatic carbocycles. The number of unbranched alkanes of at least 4 members (excludes halogenated alkanes) is 9. The highest BCUT2D eigenvalue weighted by atomic mass is 32.1. The Balaban J connectivity index is 1.10. The highest BCUT2D eigenvalue weighted by Gasteiger charge is 2.13. The smallest absolute Gasteiger partial charge is 0.0536 e. The Morgan fingerprint density at radius 3 is 1.92 bits per heavy atom. The van der Waals surface area contributed by atoms with Gasteiger partial charge in [-0.1, -0.05) is 89.0 Å². The Morgan fingerprint density at radius 1 is 0.514 bits per heavy atom. The minimum absolute atomic E-state index is 1.24. The molecule has 0 amide bonds. The number of thiophene rings is 3. The number of hydrogen-bond acceptors (Lipinski definition) is 3. The third-order valence-electron chi connectivity index (χ3n) is 7.65. The summed E-state index contributed by atoms with van der Waals surface area (Å²) in [5.41, 5.74) is 0. The van der Waals surface area contributed by atoms with Gasteiger partial charge >= 0.3 is 0 Å². The molecular formula is C34H36S3. The number of benzene rings is 3. The van der Waals surface area contributed by atoms with Crippen LogP contribution in [0.1, 0.15) is 76.0 Å². The summed E-state index contributed by atoms with van der Waals surface area (Å²) >= 11 is 5.93. The van der Waals surface area contributed by atoms with E-state index in [9.17, 15) is 0 Å². The van der Waals surface area contributed by atoms with Crippen molar-refractivity contribution in [3.8, 4) is 9.75 Å². The third-order valence-corrected chi connectivity index (χ3v) is 11.4. The lowest BCUT2D eigenvalue weighted by molar-refractivity contribution is 0.557. The standard InChI is InChI=1S/C34H36S3/c1-2-3-4-5-6-7-8-9-10-11-16-28-17-18-30(35-28)32-23-33-34(37-32)29-21-26-19-24-14-12-13-15-25(24)20-27(26)22-31(29)36-33/h12-15,17-23H,2-11,16H2,1H3. The molecule has 0 nitrogen and oxygen atoms in total. The van der Waals surface area contributed by atoms with Crippen molar-refractivity contribution in [2.75, 3.05) is 0 Å². The first-order chi connectivity index (χ1) is 18.3. The van der Waals surface area contributed by atoms with Gasteiger partial charge in [-0.3, -0.25) is 0 Å². The van der Waals surface area contributed by atoms with Crippen LogP contribution in [0.2, 0.25) is 0 Å². The predicted octanol–water partition coefficient (Wildman–Crippen LogP) is 12.6. The van der Waals surface area contributed by atoms with Gasteiger partial charge in [0.05, 0.1) is 4.70 Å². The van der Waals surface area contributed by atoms with Gasteiger partial charge in [0, 0.05) is 29.4 Å². The Hall–Kier alpha value is -2.20. The summed E-state index contributed by atoms with van der Waals surface area (Å²) in [5.74, 6) is 0. The van der Waals surface area contributed by atoms with Crippen LogP contribution in [0, 0.1) is 0 Å². The molecule has 0 atom stereocenters. The molecule has 0 aliphatic carbocycles. The lowest BCUT2D eigenvalue weighted by atomic mass is 10.0. The van der Waals surface area contributed by atoms with Crippen LogP contribution in [0.3, 0.4) is 0 Å². The molecule has 0 radical (unpaired) electrons. The van der Waals surface area contributed by atoms with E-state index in [1.54, 1.807) is 4.88 Å². The van der Waals surface area contributed by atoms with Crippen LogP contribution in [0.25, 0.3) is 50.8 Å². The molecule has 0 aliphatic rings. The van der Waals surface area contributed by atoms with Crippen LogP contribution in [0.15, 0.2) is 66.7 Å². The molecule has 190 valence electrons. The average Bonchev–Trinajstić information content (AvgIpc) is 3.62. The summed E-state index contributed by atoms with van der Waals surface area (Å²) in [6.45, 7) is 2.30. The average molecular weight is 541 g/mol. The quantitative estimate of drug-likeness (QED) is 0.107. The Bertz CT molecular complexity index is 1630. The van der Waals surface area contributed by atoms with Gasteiger partial charge in [0.25, 0.3) is 0 Å². The molecule has 6 rings (SSSR count). The zero-order valence-corrected chi connectivity index (χ0v) is 24.3. The predicted molar refractivity (Wildman–Crippen MR) is 171 cm³/mol. The van der Waals surface area contributed by atoms with Gasteiger partial charge in [-0.25, -0.2) is 0 Å². The highest BCUT2D eigenvalue weighted by molar-refractivity contribution is 7.34. The first-order valence-corrected chi connectivity index (χ1v) is 16.6. The molecule has 0 fully saturated rings. The van der Waals surface area contributed by atoms with E-state index in [0.717, 1.165) is 0 Å². The summed E-state index contributed by atoms with van der Waals surface area (Å²) in [7, 11) is 0. The Morgan fingerprint density at radius 2 is 1.19 bits per heavy atom. The largest absolute Gasteiger partial charge is 0.139 e. The first-order valence-electron chi connectivity index (χ1n) is 14.2. The second-order valence-corrected chi connectivity index (χ2v) is 13.8. The third kappa shape index (κ3) is 5.65. The molecule has 3 heteroatoms. The van der Waals surface area contributed by atoms with E-state index in [0.29, 0.717) is 0 Å². The second kappa shape index (κ2) is 11.7. The minimum Gasteiger partial charge on any atom is -0.139 e. The van der Waals surface area contributed by atoms with E-state index in [1.165, 1.54) is 121 Å². The monoisotopic (exact) mass is 540 g/mol. The van der Waals surface area contributed by atoms with Crippen molar-refractivity contribution in [3.05, 3.63) is 71.6 Å². The number of fused-ring (bicyclic) bond motifs is 5. The molecule has 3 aromatic heterocycles. The molecule has 0 aliphatic heterocycles. The van der Waals surface area contributed by atoms with Gasteiger partial charge in [0.1, 0.15) is 0 Å². The second-order valence-electron chi connectivity index (χ2n) is 10.5. The zero-order valence-electron chi connectivity index (χ0n) is 21.9. The molecular weight excluding hydrogens is 505 g/mol. The van der Waals surface area contributed by atoms with Crippen LogP contribution in [-0.2, 0) is 6.42 Å². The SMILES string of the molecule is CCCCCCCCCCCCc1ccc(-c2cc3sc4cc5cc6ccccc6cc5cc4c3s2)s1. The Labute approximate surface area is 233 Å². The molecule has 0 saturated heterocycles. The fraction of sp³-hybridized carbons (Fsp3) is 0.353. The van der Waals surface area contributed by atoms with Crippen LogP contribution in [0.4, 0.5) is 0 Å². The van der Waals surface area contributed by atoms with Crippen molar-refractivity contribution in [1.82, 2.24) is 0 Å². The zero-order chi connectivity index (χ0) is 25.0. The molecule has 0 N–H and O–H groups in total. The molecule has 3 heterocycles. The van der Waals surface area contributed by atoms with Gasteiger partial charge in [-0.2, -0.15) is 0 Å². The maximum atomic E-state index is 2.43. The molecule has 0 saturated carbocycles. The highest BCUT2D eigenvalue weighted by Crippen LogP contribution is 2.45. The fourth-order valence-corrected chi connectivity index (χ4v) is 9.22. The van der Waals surface area contributed by atoms with E-state index in [4.69, 9.17) is 0 Å². The van der Waals surface area contributed by atoms with Crippen LogP contribution in [0.5, 0.6) is 0 Å². The van der Waals surface area contributed by atoms with Crippen molar-refractivity contribution < 1.29 is 0 Å². The summed E-state index contributed by atoms with van der Waals surface area (Å²) in [6.07, 6.45) is 15.3. The molecule has 6 aromatic rings. The molecule has 0 bridgehead atoms. The Kier molecular flexibility index (Phi) is 7.92. The van der Waals surface area contributed by atoms with Gasteiger partial charge < -0.3 is 0 Å². The summed E-state index contributed by atoms with van der Waals surface area (Å²) < 4.78 is 4.29. The molecule has 0 unspecified atom stereocenters. The van der Waals surface area contributed by atoms with E-state index in [1.807, 2.05) is 34.0 Å². The van der Waals surface area contributed by atoms with Crippen LogP contribution >= 0.6 is 34.0 Å². The topological polar surface area (TPSA) is 0 Å². The van der Waals surface area contributed by atoms with Crippen molar-refractivity contribution in [1.29, 1.82) is 0 Å². The maximum Gasteiger partial charge on any atom is 0.0536 e. The minimum atomic E-state index is 1.24. The number of aryl methyl sites for hydroxylation is 1. The fourth-order valence-electron chi connectivity index (χ4n) is 5.54. The van der Waals surface area contributed by atoms with Gasteiger partial charge in [-0.15, -0.1) is 34.0 Å². The first kappa shape index (κ1) is 25.1. The molecule has 37 heavy (non-hydrogen) atoms. The normalized spacial score (nSPS) is 12.0. The van der Waals surface area contributed by atoms with Crippen LogP contribution < -0.4 is 0 Å². The maximum absolute atomic E-state index is 2.43. The van der Waals surface area contributed by atoms with Crippen molar-refractivity contribution in [2.24, 2.45) is 0 Å². The summed E-state index contributed by atoms with van der Waals surface area (Å²) in [4.78, 5) is 4.42. The van der Waals surface area contributed by atoms with Gasteiger partial charge in [0.2, 0.25) is 0 Å². The lowest BCUT2D eigenvalue weighted by Crippen LogP contribution is -1.84. The number of rotatable bonds is 12. The summed E-state index contributed by atoms with van der Waals surface area (Å²) in [5, 5.41) is 6.75.